The van der Waals surface area contributed by atoms with Gasteiger partial charge in [0, 0.05) is 17.2 Å². The van der Waals surface area contributed by atoms with Gasteiger partial charge in [-0.2, -0.15) is 11.8 Å². The number of anilines is 1. The van der Waals surface area contributed by atoms with Gasteiger partial charge in [-0.1, -0.05) is 48.0 Å². The molecule has 126 valence electrons. The summed E-state index contributed by atoms with van der Waals surface area (Å²) >= 11 is 1.47. The molecule has 0 radical (unpaired) electrons. The first-order valence-electron chi connectivity index (χ1n) is 7.53. The van der Waals surface area contributed by atoms with E-state index >= 15 is 0 Å². The number of hydrogen-bond donors (Lipinski definition) is 3. The lowest BCUT2D eigenvalue weighted by atomic mass is 10.2. The summed E-state index contributed by atoms with van der Waals surface area (Å²) < 4.78 is 0. The van der Waals surface area contributed by atoms with Crippen molar-refractivity contribution in [3.63, 3.8) is 0 Å². The highest BCUT2D eigenvalue weighted by atomic mass is 32.2. The minimum Gasteiger partial charge on any atom is -0.480 e. The molecule has 0 bridgehead atoms. The summed E-state index contributed by atoms with van der Waals surface area (Å²) in [6, 6.07) is 15.6. The number of urea groups is 1. The fourth-order valence-electron chi connectivity index (χ4n) is 2.01. The molecular weight excluding hydrogens is 324 g/mol. The Labute approximate surface area is 145 Å². The van der Waals surface area contributed by atoms with E-state index in [0.29, 0.717) is 17.2 Å². The van der Waals surface area contributed by atoms with Gasteiger partial charge in [0.2, 0.25) is 0 Å². The number of hydrogen-bond acceptors (Lipinski definition) is 3. The largest absolute Gasteiger partial charge is 0.480 e. The van der Waals surface area contributed by atoms with Gasteiger partial charge in [-0.25, -0.2) is 9.59 Å². The van der Waals surface area contributed by atoms with Gasteiger partial charge in [0.15, 0.2) is 0 Å². The summed E-state index contributed by atoms with van der Waals surface area (Å²) in [7, 11) is 0. The van der Waals surface area contributed by atoms with Gasteiger partial charge in [0.1, 0.15) is 6.04 Å². The molecule has 0 fully saturated rings. The predicted molar refractivity (Wildman–Crippen MR) is 97.4 cm³/mol. The van der Waals surface area contributed by atoms with Crippen LogP contribution in [-0.4, -0.2) is 28.9 Å². The molecule has 1 atom stereocenters. The van der Waals surface area contributed by atoms with Gasteiger partial charge in [0.05, 0.1) is 0 Å². The van der Waals surface area contributed by atoms with E-state index < -0.39 is 18.0 Å². The smallest absolute Gasteiger partial charge is 0.327 e. The first kappa shape index (κ1) is 17.9. The van der Waals surface area contributed by atoms with Crippen LogP contribution in [0.15, 0.2) is 54.6 Å². The lowest BCUT2D eigenvalue weighted by Gasteiger charge is -2.15. The molecule has 0 spiro atoms. The predicted octanol–water partition coefficient (Wildman–Crippen LogP) is 3.50. The van der Waals surface area contributed by atoms with Crippen molar-refractivity contribution < 1.29 is 14.7 Å². The molecule has 0 aliphatic heterocycles. The zero-order valence-electron chi connectivity index (χ0n) is 13.4. The van der Waals surface area contributed by atoms with Crippen LogP contribution < -0.4 is 10.6 Å². The van der Waals surface area contributed by atoms with E-state index in [1.165, 1.54) is 11.8 Å². The molecule has 0 heterocycles. The number of carbonyl (C=O) groups excluding carboxylic acids is 1. The van der Waals surface area contributed by atoms with Crippen molar-refractivity contribution >= 4 is 29.4 Å². The van der Waals surface area contributed by atoms with Crippen LogP contribution in [0, 0.1) is 6.92 Å². The monoisotopic (exact) mass is 344 g/mol. The lowest BCUT2D eigenvalue weighted by molar-refractivity contribution is -0.138. The Morgan fingerprint density at radius 3 is 2.38 bits per heavy atom. The van der Waals surface area contributed by atoms with E-state index in [1.54, 1.807) is 12.1 Å². The number of carboxylic acids is 1. The van der Waals surface area contributed by atoms with Crippen molar-refractivity contribution in [2.24, 2.45) is 0 Å². The summed E-state index contributed by atoms with van der Waals surface area (Å²) in [5, 5.41) is 14.4. The lowest BCUT2D eigenvalue weighted by Crippen LogP contribution is -2.44. The maximum absolute atomic E-state index is 12.0. The normalized spacial score (nSPS) is 11.5. The average Bonchev–Trinajstić information content (AvgIpc) is 2.57. The molecule has 0 aliphatic carbocycles. The van der Waals surface area contributed by atoms with E-state index in [2.05, 4.69) is 10.6 Å². The number of aryl methyl sites for hydroxylation is 1. The van der Waals surface area contributed by atoms with Crippen molar-refractivity contribution in [1.29, 1.82) is 0 Å². The quantitative estimate of drug-likeness (QED) is 0.718. The molecule has 2 aromatic carbocycles. The Bertz CT molecular complexity index is 674. The average molecular weight is 344 g/mol. The summed E-state index contributed by atoms with van der Waals surface area (Å²) in [4.78, 5) is 23.3. The van der Waals surface area contributed by atoms with Crippen LogP contribution in [0.1, 0.15) is 11.1 Å². The van der Waals surface area contributed by atoms with Crippen LogP contribution in [0.5, 0.6) is 0 Å². The second-order valence-electron chi connectivity index (χ2n) is 5.36. The molecule has 1 unspecified atom stereocenters. The fourth-order valence-corrected chi connectivity index (χ4v) is 3.01. The van der Waals surface area contributed by atoms with E-state index in [9.17, 15) is 14.7 Å². The Morgan fingerprint density at radius 2 is 1.75 bits per heavy atom. The molecule has 3 N–H and O–H groups in total. The minimum absolute atomic E-state index is 0.297. The second-order valence-corrected chi connectivity index (χ2v) is 6.39. The number of amides is 2. The van der Waals surface area contributed by atoms with Crippen LogP contribution in [-0.2, 0) is 10.5 Å². The van der Waals surface area contributed by atoms with Crippen molar-refractivity contribution in [2.75, 3.05) is 11.1 Å². The van der Waals surface area contributed by atoms with E-state index in [-0.39, 0.29) is 0 Å². The fraction of sp³-hybridized carbons (Fsp3) is 0.222. The minimum atomic E-state index is -1.05. The highest BCUT2D eigenvalue weighted by Crippen LogP contribution is 2.13. The zero-order valence-corrected chi connectivity index (χ0v) is 14.2. The third-order valence-electron chi connectivity index (χ3n) is 3.31. The van der Waals surface area contributed by atoms with Crippen molar-refractivity contribution in [1.82, 2.24) is 5.32 Å². The highest BCUT2D eigenvalue weighted by molar-refractivity contribution is 7.98. The van der Waals surface area contributed by atoms with Crippen molar-refractivity contribution in [3.8, 4) is 0 Å². The molecular formula is C18H20N2O3S. The Kier molecular flexibility index (Phi) is 6.69. The third-order valence-corrected chi connectivity index (χ3v) is 4.42. The number of thioether (sulfide) groups is 1. The molecule has 0 aliphatic rings. The van der Waals surface area contributed by atoms with Crippen LogP contribution >= 0.6 is 11.8 Å². The molecule has 0 saturated carbocycles. The van der Waals surface area contributed by atoms with Gasteiger partial charge in [-0.15, -0.1) is 0 Å². The van der Waals surface area contributed by atoms with Crippen LogP contribution in [0.4, 0.5) is 10.5 Å². The van der Waals surface area contributed by atoms with Crippen molar-refractivity contribution in [2.45, 2.75) is 18.7 Å². The number of aliphatic carboxylic acids is 1. The summed E-state index contributed by atoms with van der Waals surface area (Å²) in [6.45, 7) is 1.95. The molecule has 6 heteroatoms. The van der Waals surface area contributed by atoms with Gasteiger partial charge >= 0.3 is 12.0 Å². The van der Waals surface area contributed by atoms with Gasteiger partial charge in [-0.3, -0.25) is 0 Å². The van der Waals surface area contributed by atoms with E-state index in [1.807, 2.05) is 49.4 Å². The van der Waals surface area contributed by atoms with E-state index in [4.69, 9.17) is 0 Å². The summed E-state index contributed by atoms with van der Waals surface area (Å²) in [6.07, 6.45) is 0. The summed E-state index contributed by atoms with van der Waals surface area (Å²) in [5.74, 6) is -0.0492. The number of rotatable bonds is 7. The highest BCUT2D eigenvalue weighted by Gasteiger charge is 2.19. The molecule has 5 nitrogen and oxygen atoms in total. The van der Waals surface area contributed by atoms with Crippen LogP contribution in [0.25, 0.3) is 0 Å². The maximum atomic E-state index is 12.0. The number of carbonyl (C=O) groups is 2. The van der Waals surface area contributed by atoms with Gasteiger partial charge in [0.25, 0.3) is 0 Å². The number of benzene rings is 2. The SMILES string of the molecule is Cc1ccc(NC(=O)NC(CSCc2ccccc2)C(=O)O)cc1. The van der Waals surface area contributed by atoms with Crippen LogP contribution in [0.3, 0.4) is 0 Å². The molecule has 0 aromatic heterocycles. The molecule has 24 heavy (non-hydrogen) atoms. The Morgan fingerprint density at radius 1 is 1.08 bits per heavy atom. The Hall–Kier alpha value is -2.47. The Balaban J connectivity index is 1.82. The zero-order chi connectivity index (χ0) is 17.4. The molecule has 2 aromatic rings. The standard InChI is InChI=1S/C18H20N2O3S/c1-13-7-9-15(10-8-13)19-18(23)20-16(17(21)22)12-24-11-14-5-3-2-4-6-14/h2-10,16H,11-12H2,1H3,(H,21,22)(H2,19,20,23). The van der Waals surface area contributed by atoms with Crippen LogP contribution in [0.2, 0.25) is 0 Å². The second kappa shape index (κ2) is 8.98. The number of carboxylic acid groups (broad SMARTS) is 1. The van der Waals surface area contributed by atoms with Gasteiger partial charge in [-0.05, 0) is 24.6 Å². The first-order chi connectivity index (χ1) is 11.5. The van der Waals surface area contributed by atoms with Crippen molar-refractivity contribution in [3.05, 3.63) is 65.7 Å². The summed E-state index contributed by atoms with van der Waals surface area (Å²) in [5.41, 5.74) is 2.83. The number of nitrogens with one attached hydrogen (secondary N) is 2. The molecule has 0 saturated heterocycles. The first-order valence-corrected chi connectivity index (χ1v) is 8.69. The molecule has 2 amide bonds. The topological polar surface area (TPSA) is 78.4 Å². The van der Waals surface area contributed by atoms with E-state index in [0.717, 1.165) is 11.1 Å². The third kappa shape index (κ3) is 5.96. The maximum Gasteiger partial charge on any atom is 0.327 e. The molecule has 2 rings (SSSR count). The van der Waals surface area contributed by atoms with Gasteiger partial charge < -0.3 is 15.7 Å².